The fourth-order valence-corrected chi connectivity index (χ4v) is 2.37. The van der Waals surface area contributed by atoms with Crippen molar-refractivity contribution in [2.45, 2.75) is 38.3 Å². The van der Waals surface area contributed by atoms with E-state index in [1.165, 1.54) is 5.56 Å². The predicted molar refractivity (Wildman–Crippen MR) is 65.3 cm³/mol. The lowest BCUT2D eigenvalue weighted by atomic mass is 9.86. The first-order valence-corrected chi connectivity index (χ1v) is 6.24. The summed E-state index contributed by atoms with van der Waals surface area (Å²) in [5.74, 6) is 0. The van der Waals surface area contributed by atoms with Crippen LogP contribution in [-0.4, -0.2) is 13.1 Å². The molecule has 0 aromatic heterocycles. The summed E-state index contributed by atoms with van der Waals surface area (Å²) in [6.07, 6.45) is 3.42. The highest BCUT2D eigenvalue weighted by atomic mass is 19.1. The lowest BCUT2D eigenvalue weighted by Gasteiger charge is -2.30. The Morgan fingerprint density at radius 2 is 1.81 bits per heavy atom. The van der Waals surface area contributed by atoms with E-state index < -0.39 is 5.67 Å². The highest BCUT2D eigenvalue weighted by molar-refractivity contribution is 5.28. The number of hydrogen-bond acceptors (Lipinski definition) is 1. The predicted octanol–water partition coefficient (Wildman–Crippen LogP) is 3.19. The van der Waals surface area contributed by atoms with E-state index in [-0.39, 0.29) is 0 Å². The van der Waals surface area contributed by atoms with Crippen LogP contribution >= 0.6 is 0 Å². The SMILES string of the molecule is CCCc1ccc(C2(F)CCNCC2)cc1. The van der Waals surface area contributed by atoms with E-state index in [9.17, 15) is 4.39 Å². The molecule has 0 atom stereocenters. The molecule has 1 fully saturated rings. The largest absolute Gasteiger partial charge is 0.316 e. The fraction of sp³-hybridized carbons (Fsp3) is 0.571. The van der Waals surface area contributed by atoms with Gasteiger partial charge >= 0.3 is 0 Å². The number of hydrogen-bond donors (Lipinski definition) is 1. The van der Waals surface area contributed by atoms with Crippen LogP contribution in [0.4, 0.5) is 4.39 Å². The topological polar surface area (TPSA) is 12.0 Å². The van der Waals surface area contributed by atoms with Crippen LogP contribution < -0.4 is 5.32 Å². The third-order valence-corrected chi connectivity index (χ3v) is 3.41. The lowest BCUT2D eigenvalue weighted by molar-refractivity contribution is 0.115. The summed E-state index contributed by atoms with van der Waals surface area (Å²) in [6.45, 7) is 3.73. The molecule has 1 saturated heterocycles. The Bertz CT molecular complexity index is 325. The third-order valence-electron chi connectivity index (χ3n) is 3.41. The highest BCUT2D eigenvalue weighted by Crippen LogP contribution is 2.34. The van der Waals surface area contributed by atoms with Gasteiger partial charge in [0.1, 0.15) is 5.67 Å². The number of piperidine rings is 1. The van der Waals surface area contributed by atoms with Crippen LogP contribution in [0.25, 0.3) is 0 Å². The molecule has 0 saturated carbocycles. The van der Waals surface area contributed by atoms with Crippen molar-refractivity contribution in [3.05, 3.63) is 35.4 Å². The van der Waals surface area contributed by atoms with Crippen molar-refractivity contribution in [3.8, 4) is 0 Å². The van der Waals surface area contributed by atoms with Gasteiger partial charge in [-0.25, -0.2) is 4.39 Å². The van der Waals surface area contributed by atoms with Crippen molar-refractivity contribution in [2.75, 3.05) is 13.1 Å². The second-order valence-corrected chi connectivity index (χ2v) is 4.66. The van der Waals surface area contributed by atoms with Gasteiger partial charge in [-0.1, -0.05) is 37.6 Å². The molecule has 0 amide bonds. The van der Waals surface area contributed by atoms with Crippen LogP contribution in [0, 0.1) is 0 Å². The van der Waals surface area contributed by atoms with Crippen LogP contribution in [0.15, 0.2) is 24.3 Å². The molecule has 1 N–H and O–H groups in total. The minimum Gasteiger partial charge on any atom is -0.316 e. The number of nitrogens with one attached hydrogen (secondary N) is 1. The van der Waals surface area contributed by atoms with E-state index >= 15 is 0 Å². The highest BCUT2D eigenvalue weighted by Gasteiger charge is 2.33. The maximum Gasteiger partial charge on any atom is 0.138 e. The summed E-state index contributed by atoms with van der Waals surface area (Å²) in [4.78, 5) is 0. The second-order valence-electron chi connectivity index (χ2n) is 4.66. The monoisotopic (exact) mass is 221 g/mol. The van der Waals surface area contributed by atoms with Crippen molar-refractivity contribution < 1.29 is 4.39 Å². The van der Waals surface area contributed by atoms with Crippen LogP contribution in [0.5, 0.6) is 0 Å². The van der Waals surface area contributed by atoms with Gasteiger partial charge in [0.15, 0.2) is 0 Å². The normalized spacial score (nSPS) is 19.6. The zero-order valence-electron chi connectivity index (χ0n) is 9.93. The van der Waals surface area contributed by atoms with Crippen molar-refractivity contribution in [1.82, 2.24) is 5.32 Å². The second kappa shape index (κ2) is 4.96. The van der Waals surface area contributed by atoms with Gasteiger partial charge < -0.3 is 5.32 Å². The number of alkyl halides is 1. The van der Waals surface area contributed by atoms with Gasteiger partial charge in [-0.15, -0.1) is 0 Å². The van der Waals surface area contributed by atoms with Gasteiger partial charge in [0, 0.05) is 0 Å². The molecule has 1 aromatic carbocycles. The zero-order valence-corrected chi connectivity index (χ0v) is 9.93. The molecular weight excluding hydrogens is 201 g/mol. The maximum absolute atomic E-state index is 14.6. The summed E-state index contributed by atoms with van der Waals surface area (Å²) in [5, 5.41) is 3.20. The molecule has 2 rings (SSSR count). The molecule has 16 heavy (non-hydrogen) atoms. The van der Waals surface area contributed by atoms with Gasteiger partial charge in [-0.2, -0.15) is 0 Å². The van der Waals surface area contributed by atoms with Crippen molar-refractivity contribution in [1.29, 1.82) is 0 Å². The Kier molecular flexibility index (Phi) is 3.59. The molecule has 0 spiro atoms. The van der Waals surface area contributed by atoms with E-state index in [2.05, 4.69) is 24.4 Å². The Balaban J connectivity index is 2.13. The molecule has 2 heteroatoms. The Morgan fingerprint density at radius 1 is 1.19 bits per heavy atom. The van der Waals surface area contributed by atoms with Gasteiger partial charge in [0.25, 0.3) is 0 Å². The summed E-state index contributed by atoms with van der Waals surface area (Å²) in [7, 11) is 0. The van der Waals surface area contributed by atoms with E-state index in [0.717, 1.165) is 31.5 Å². The molecule has 1 aromatic rings. The van der Waals surface area contributed by atoms with E-state index in [0.29, 0.717) is 12.8 Å². The molecule has 1 aliphatic rings. The first-order chi connectivity index (χ1) is 7.74. The maximum atomic E-state index is 14.6. The van der Waals surface area contributed by atoms with Gasteiger partial charge in [0.05, 0.1) is 0 Å². The Labute approximate surface area is 97.1 Å². The number of halogens is 1. The van der Waals surface area contributed by atoms with Crippen LogP contribution in [0.2, 0.25) is 0 Å². The molecule has 0 unspecified atom stereocenters. The van der Waals surface area contributed by atoms with Crippen molar-refractivity contribution in [2.24, 2.45) is 0 Å². The van der Waals surface area contributed by atoms with Gasteiger partial charge in [0.2, 0.25) is 0 Å². The molecule has 88 valence electrons. The standard InChI is InChI=1S/C14H20FN/c1-2-3-12-4-6-13(7-5-12)14(15)8-10-16-11-9-14/h4-7,16H,2-3,8-11H2,1H3. The lowest BCUT2D eigenvalue weighted by Crippen LogP contribution is -2.36. The van der Waals surface area contributed by atoms with Crippen LogP contribution in [0.3, 0.4) is 0 Å². The van der Waals surface area contributed by atoms with Crippen LogP contribution in [-0.2, 0) is 12.1 Å². The average Bonchev–Trinajstić information content (AvgIpc) is 2.31. The van der Waals surface area contributed by atoms with Crippen molar-refractivity contribution >= 4 is 0 Å². The van der Waals surface area contributed by atoms with E-state index in [1.54, 1.807) is 0 Å². The van der Waals surface area contributed by atoms with E-state index in [1.807, 2.05) is 12.1 Å². The summed E-state index contributed by atoms with van der Waals surface area (Å²) < 4.78 is 14.6. The van der Waals surface area contributed by atoms with E-state index in [4.69, 9.17) is 0 Å². The Hall–Kier alpha value is -0.890. The molecule has 1 aliphatic heterocycles. The quantitative estimate of drug-likeness (QED) is 0.826. The summed E-state index contributed by atoms with van der Waals surface area (Å²) >= 11 is 0. The minimum absolute atomic E-state index is 0.597. The summed E-state index contributed by atoms with van der Waals surface area (Å²) in [6, 6.07) is 8.08. The smallest absolute Gasteiger partial charge is 0.138 e. The molecule has 0 bridgehead atoms. The fourth-order valence-electron chi connectivity index (χ4n) is 2.37. The molecular formula is C14H20FN. The first-order valence-electron chi connectivity index (χ1n) is 6.24. The van der Waals surface area contributed by atoms with Gasteiger partial charge in [-0.3, -0.25) is 0 Å². The first kappa shape index (κ1) is 11.6. The Morgan fingerprint density at radius 3 is 2.38 bits per heavy atom. The van der Waals surface area contributed by atoms with Gasteiger partial charge in [-0.05, 0) is 43.5 Å². The zero-order chi connectivity index (χ0) is 11.4. The molecule has 1 nitrogen and oxygen atoms in total. The average molecular weight is 221 g/mol. The molecule has 0 radical (unpaired) electrons. The van der Waals surface area contributed by atoms with Crippen LogP contribution in [0.1, 0.15) is 37.3 Å². The van der Waals surface area contributed by atoms with Crippen molar-refractivity contribution in [3.63, 3.8) is 0 Å². The molecule has 0 aliphatic carbocycles. The number of benzene rings is 1. The third kappa shape index (κ3) is 2.43. The minimum atomic E-state index is -1.10. The number of rotatable bonds is 3. The summed E-state index contributed by atoms with van der Waals surface area (Å²) in [5.41, 5.74) is 1.06. The number of aryl methyl sites for hydroxylation is 1. The molecule has 1 heterocycles.